The minimum Gasteiger partial charge on any atom is -0.345 e. The zero-order chi connectivity index (χ0) is 21.4. The van der Waals surface area contributed by atoms with E-state index in [4.69, 9.17) is 4.52 Å². The van der Waals surface area contributed by atoms with Gasteiger partial charge in [0.1, 0.15) is 0 Å². The molecule has 3 aromatic heterocycles. The fourth-order valence-corrected chi connectivity index (χ4v) is 3.46. The number of rotatable bonds is 6. The van der Waals surface area contributed by atoms with Crippen LogP contribution in [0.25, 0.3) is 17.3 Å². The first-order valence-corrected chi connectivity index (χ1v) is 10.3. The summed E-state index contributed by atoms with van der Waals surface area (Å²) in [6.45, 7) is 3.81. The third-order valence-electron chi connectivity index (χ3n) is 5.50. The van der Waals surface area contributed by atoms with Crippen LogP contribution in [0.3, 0.4) is 0 Å². The second kappa shape index (κ2) is 7.79. The monoisotopic (exact) mass is 414 g/mol. The number of hydrogen-bond acceptors (Lipinski definition) is 6. The summed E-state index contributed by atoms with van der Waals surface area (Å²) in [6, 6.07) is 13.4. The molecule has 1 N–H and O–H groups in total. The Hall–Kier alpha value is -3.81. The van der Waals surface area contributed by atoms with Crippen molar-refractivity contribution in [2.45, 2.75) is 38.6 Å². The molecule has 156 valence electrons. The van der Waals surface area contributed by atoms with Crippen LogP contribution in [0.5, 0.6) is 0 Å². The van der Waals surface area contributed by atoms with Crippen LogP contribution < -0.4 is 5.32 Å². The Bertz CT molecular complexity index is 1210. The van der Waals surface area contributed by atoms with Gasteiger partial charge < -0.3 is 9.84 Å². The highest BCUT2D eigenvalue weighted by molar-refractivity contribution is 5.95. The number of nitrogens with zero attached hydrogens (tertiary/aromatic N) is 5. The topological polar surface area (TPSA) is 98.7 Å². The van der Waals surface area contributed by atoms with Crippen molar-refractivity contribution >= 4 is 5.91 Å². The van der Waals surface area contributed by atoms with Gasteiger partial charge in [0.25, 0.3) is 11.8 Å². The van der Waals surface area contributed by atoms with Gasteiger partial charge in [-0.15, -0.1) is 0 Å². The Labute approximate surface area is 179 Å². The van der Waals surface area contributed by atoms with Gasteiger partial charge in [0, 0.05) is 12.1 Å². The summed E-state index contributed by atoms with van der Waals surface area (Å²) in [5, 5.41) is 11.4. The number of benzene rings is 1. The normalized spacial score (nSPS) is 14.4. The lowest BCUT2D eigenvalue weighted by molar-refractivity contribution is 0.0939. The van der Waals surface area contributed by atoms with Crippen LogP contribution in [0, 0.1) is 6.92 Å². The van der Waals surface area contributed by atoms with Crippen molar-refractivity contribution < 1.29 is 9.32 Å². The third-order valence-corrected chi connectivity index (χ3v) is 5.50. The van der Waals surface area contributed by atoms with Gasteiger partial charge in [0.15, 0.2) is 11.6 Å². The number of hydrogen-bond donors (Lipinski definition) is 1. The number of carbonyl (C=O) groups excluding carboxylic acids is 1. The van der Waals surface area contributed by atoms with E-state index < -0.39 is 0 Å². The first kappa shape index (κ1) is 19.2. The number of aromatic nitrogens is 5. The molecule has 1 atom stereocenters. The van der Waals surface area contributed by atoms with E-state index in [2.05, 4.69) is 25.5 Å². The molecular formula is C23H22N6O2. The summed E-state index contributed by atoms with van der Waals surface area (Å²) in [5.74, 6) is 2.11. The third kappa shape index (κ3) is 3.84. The Balaban J connectivity index is 1.32. The molecule has 0 radical (unpaired) electrons. The average molecular weight is 414 g/mol. The van der Waals surface area contributed by atoms with Gasteiger partial charge in [-0.3, -0.25) is 4.79 Å². The van der Waals surface area contributed by atoms with E-state index in [-0.39, 0.29) is 11.9 Å². The second-order valence-electron chi connectivity index (χ2n) is 7.80. The molecule has 5 rings (SSSR count). The van der Waals surface area contributed by atoms with Gasteiger partial charge in [-0.1, -0.05) is 35.5 Å². The molecule has 0 saturated heterocycles. The highest BCUT2D eigenvalue weighted by Crippen LogP contribution is 2.38. The average Bonchev–Trinajstić information content (AvgIpc) is 3.40. The van der Waals surface area contributed by atoms with E-state index >= 15 is 0 Å². The van der Waals surface area contributed by atoms with Crippen LogP contribution in [0.1, 0.15) is 59.2 Å². The van der Waals surface area contributed by atoms with E-state index in [1.165, 1.54) is 0 Å². The van der Waals surface area contributed by atoms with Gasteiger partial charge in [-0.25, -0.2) is 9.67 Å². The Morgan fingerprint density at radius 3 is 2.68 bits per heavy atom. The first-order valence-electron chi connectivity index (χ1n) is 10.3. The molecule has 8 nitrogen and oxygen atoms in total. The highest BCUT2D eigenvalue weighted by atomic mass is 16.5. The van der Waals surface area contributed by atoms with Crippen LogP contribution in [0.15, 0.2) is 59.4 Å². The number of pyridine rings is 1. The molecule has 1 aliphatic carbocycles. The molecule has 1 saturated carbocycles. The molecule has 1 unspecified atom stereocenters. The van der Waals surface area contributed by atoms with Crippen molar-refractivity contribution in [1.29, 1.82) is 0 Å². The zero-order valence-electron chi connectivity index (χ0n) is 17.3. The van der Waals surface area contributed by atoms with E-state index in [0.29, 0.717) is 28.9 Å². The first-order chi connectivity index (χ1) is 15.1. The summed E-state index contributed by atoms with van der Waals surface area (Å²) < 4.78 is 7.00. The fourth-order valence-electron chi connectivity index (χ4n) is 3.46. The molecule has 0 bridgehead atoms. The maximum Gasteiger partial charge on any atom is 0.259 e. The van der Waals surface area contributed by atoms with Crippen LogP contribution in [0.2, 0.25) is 0 Å². The van der Waals surface area contributed by atoms with E-state index in [0.717, 1.165) is 29.8 Å². The Morgan fingerprint density at radius 1 is 1.16 bits per heavy atom. The summed E-state index contributed by atoms with van der Waals surface area (Å²) in [6.07, 6.45) is 5.49. The van der Waals surface area contributed by atoms with Gasteiger partial charge in [-0.05, 0) is 44.4 Å². The van der Waals surface area contributed by atoms with Crippen molar-refractivity contribution in [1.82, 2.24) is 30.2 Å². The highest BCUT2D eigenvalue weighted by Gasteiger charge is 2.29. The number of carbonyl (C=O) groups is 1. The standard InChI is InChI=1S/C23H22N6O2/c1-14(16-6-4-3-5-7-16)26-22(30)19-13-25-29(15(19)2)20-11-10-18(12-24-20)23-27-21(28-31-23)17-8-9-17/h3-7,10-14,17H,8-9H2,1-2H3,(H,26,30). The maximum atomic E-state index is 12.8. The van der Waals surface area contributed by atoms with Crippen LogP contribution >= 0.6 is 0 Å². The second-order valence-corrected chi connectivity index (χ2v) is 7.80. The van der Waals surface area contributed by atoms with E-state index in [1.54, 1.807) is 17.1 Å². The zero-order valence-corrected chi connectivity index (χ0v) is 17.3. The summed E-state index contributed by atoms with van der Waals surface area (Å²) >= 11 is 0. The molecule has 8 heteroatoms. The fraction of sp³-hybridized carbons (Fsp3) is 0.261. The molecule has 1 aliphatic rings. The van der Waals surface area contributed by atoms with Crippen LogP contribution in [-0.2, 0) is 0 Å². The molecule has 1 fully saturated rings. The molecular weight excluding hydrogens is 392 g/mol. The number of amides is 1. The quantitative estimate of drug-likeness (QED) is 0.512. The Morgan fingerprint density at radius 2 is 1.97 bits per heavy atom. The van der Waals surface area contributed by atoms with Crippen molar-refractivity contribution in [3.8, 4) is 17.3 Å². The largest absolute Gasteiger partial charge is 0.345 e. The van der Waals surface area contributed by atoms with Crippen molar-refractivity contribution in [3.63, 3.8) is 0 Å². The lowest BCUT2D eigenvalue weighted by atomic mass is 10.1. The Kier molecular flexibility index (Phi) is 4.82. The summed E-state index contributed by atoms with van der Waals surface area (Å²) in [5.41, 5.74) is 3.03. The van der Waals surface area contributed by atoms with Gasteiger partial charge in [-0.2, -0.15) is 10.1 Å². The lowest BCUT2D eigenvalue weighted by Gasteiger charge is -2.14. The molecule has 4 aromatic rings. The SMILES string of the molecule is Cc1c(C(=O)NC(C)c2ccccc2)cnn1-c1ccc(-c2nc(C3CC3)no2)cn1. The van der Waals surface area contributed by atoms with E-state index in [9.17, 15) is 4.79 Å². The minimum absolute atomic E-state index is 0.108. The molecule has 0 aliphatic heterocycles. The molecule has 3 heterocycles. The summed E-state index contributed by atoms with van der Waals surface area (Å²) in [4.78, 5) is 21.7. The minimum atomic E-state index is -0.171. The van der Waals surface area contributed by atoms with E-state index in [1.807, 2.05) is 56.3 Å². The van der Waals surface area contributed by atoms with Gasteiger partial charge in [0.2, 0.25) is 0 Å². The van der Waals surface area contributed by atoms with Crippen LogP contribution in [-0.4, -0.2) is 30.8 Å². The predicted molar refractivity (Wildman–Crippen MR) is 114 cm³/mol. The molecule has 1 amide bonds. The maximum absolute atomic E-state index is 12.8. The lowest BCUT2D eigenvalue weighted by Crippen LogP contribution is -2.27. The molecule has 1 aromatic carbocycles. The predicted octanol–water partition coefficient (Wildman–Crippen LogP) is 3.99. The van der Waals surface area contributed by atoms with Crippen molar-refractivity contribution in [2.24, 2.45) is 0 Å². The molecule has 31 heavy (non-hydrogen) atoms. The molecule has 0 spiro atoms. The van der Waals surface area contributed by atoms with Crippen LogP contribution in [0.4, 0.5) is 0 Å². The summed E-state index contributed by atoms with van der Waals surface area (Å²) in [7, 11) is 0. The van der Waals surface area contributed by atoms with Gasteiger partial charge in [0.05, 0.1) is 29.1 Å². The van der Waals surface area contributed by atoms with Crippen molar-refractivity contribution in [2.75, 3.05) is 0 Å². The van der Waals surface area contributed by atoms with Crippen molar-refractivity contribution in [3.05, 3.63) is 77.5 Å². The van der Waals surface area contributed by atoms with Gasteiger partial charge >= 0.3 is 0 Å². The number of nitrogens with one attached hydrogen (secondary N) is 1. The smallest absolute Gasteiger partial charge is 0.259 e.